The summed E-state index contributed by atoms with van der Waals surface area (Å²) < 4.78 is 26.8. The molecule has 5 nitrogen and oxygen atoms in total. The van der Waals surface area contributed by atoms with Gasteiger partial charge >= 0.3 is 0 Å². The van der Waals surface area contributed by atoms with Crippen molar-refractivity contribution < 1.29 is 13.5 Å². The minimum Gasteiger partial charge on any atom is -0.492 e. The molecular formula is C14H14Cl2N2O3S2. The predicted molar refractivity (Wildman–Crippen MR) is 95.0 cm³/mol. The van der Waals surface area contributed by atoms with E-state index in [1.54, 1.807) is 30.0 Å². The number of benzene rings is 1. The van der Waals surface area contributed by atoms with Gasteiger partial charge in [0.05, 0.1) is 5.75 Å². The average molecular weight is 393 g/mol. The maximum Gasteiger partial charge on any atom is 0.237 e. The van der Waals surface area contributed by atoms with Gasteiger partial charge in [0.1, 0.15) is 10.8 Å². The molecule has 0 spiro atoms. The maximum atomic E-state index is 12.3. The second kappa shape index (κ2) is 7.61. The molecule has 0 aliphatic rings. The number of thioether (sulfide) groups is 1. The van der Waals surface area contributed by atoms with Crippen LogP contribution in [0.15, 0.2) is 35.2 Å². The Morgan fingerprint density at radius 3 is 2.65 bits per heavy atom. The number of hydrogen-bond acceptors (Lipinski definition) is 5. The van der Waals surface area contributed by atoms with E-state index in [0.29, 0.717) is 10.6 Å². The first-order valence-electron chi connectivity index (χ1n) is 6.57. The molecule has 0 saturated carbocycles. The van der Waals surface area contributed by atoms with E-state index < -0.39 is 15.9 Å². The SMILES string of the molecule is CCSc1cc(Cl)cc(CS(=O)(=O)Nc2ccc(Cl)nc2O)c1. The van der Waals surface area contributed by atoms with Gasteiger partial charge in [0.25, 0.3) is 0 Å². The highest BCUT2D eigenvalue weighted by Crippen LogP contribution is 2.27. The first kappa shape index (κ1) is 18.2. The van der Waals surface area contributed by atoms with E-state index in [1.165, 1.54) is 12.1 Å². The Hall–Kier alpha value is -1.15. The third-order valence-electron chi connectivity index (χ3n) is 2.71. The highest BCUT2D eigenvalue weighted by atomic mass is 35.5. The molecule has 2 N–H and O–H groups in total. The molecule has 0 aliphatic heterocycles. The molecule has 0 fully saturated rings. The fourth-order valence-corrected chi connectivity index (χ4v) is 4.30. The molecule has 0 aliphatic carbocycles. The topological polar surface area (TPSA) is 79.3 Å². The summed E-state index contributed by atoms with van der Waals surface area (Å²) in [5, 5.41) is 10.2. The lowest BCUT2D eigenvalue weighted by molar-refractivity contribution is 0.456. The third kappa shape index (κ3) is 5.46. The molecule has 2 aromatic rings. The lowest BCUT2D eigenvalue weighted by atomic mass is 10.2. The van der Waals surface area contributed by atoms with Crippen LogP contribution in [0.3, 0.4) is 0 Å². The fourth-order valence-electron chi connectivity index (χ4n) is 1.88. The highest BCUT2D eigenvalue weighted by Gasteiger charge is 2.16. The number of aromatic hydroxyl groups is 1. The van der Waals surface area contributed by atoms with Gasteiger partial charge < -0.3 is 5.11 Å². The predicted octanol–water partition coefficient (Wildman–Crippen LogP) is 4.15. The van der Waals surface area contributed by atoms with Crippen molar-refractivity contribution in [1.82, 2.24) is 4.98 Å². The minimum atomic E-state index is -3.73. The second-order valence-corrected chi connectivity index (χ2v) is 8.48. The zero-order valence-electron chi connectivity index (χ0n) is 12.1. The van der Waals surface area contributed by atoms with Crippen LogP contribution in [0.2, 0.25) is 10.2 Å². The van der Waals surface area contributed by atoms with Crippen molar-refractivity contribution in [3.63, 3.8) is 0 Å². The minimum absolute atomic E-state index is 0.0282. The van der Waals surface area contributed by atoms with E-state index in [9.17, 15) is 13.5 Å². The van der Waals surface area contributed by atoms with Crippen LogP contribution in [0.4, 0.5) is 5.69 Å². The summed E-state index contributed by atoms with van der Waals surface area (Å²) in [6.45, 7) is 2.00. The largest absolute Gasteiger partial charge is 0.492 e. The summed E-state index contributed by atoms with van der Waals surface area (Å²) in [5.41, 5.74) is 0.530. The quantitative estimate of drug-likeness (QED) is 0.570. The summed E-state index contributed by atoms with van der Waals surface area (Å²) >= 11 is 13.2. The third-order valence-corrected chi connectivity index (χ3v) is 5.24. The summed E-state index contributed by atoms with van der Waals surface area (Å²) in [6.07, 6.45) is 0. The van der Waals surface area contributed by atoms with Gasteiger partial charge in [0.15, 0.2) is 0 Å². The normalized spacial score (nSPS) is 11.4. The van der Waals surface area contributed by atoms with E-state index in [-0.39, 0.29) is 16.6 Å². The lowest BCUT2D eigenvalue weighted by Crippen LogP contribution is -2.15. The van der Waals surface area contributed by atoms with Gasteiger partial charge in [-0.05, 0) is 41.6 Å². The molecule has 0 bridgehead atoms. The van der Waals surface area contributed by atoms with Gasteiger partial charge in [-0.2, -0.15) is 4.98 Å². The zero-order chi connectivity index (χ0) is 17.0. The van der Waals surface area contributed by atoms with Crippen molar-refractivity contribution in [1.29, 1.82) is 0 Å². The number of anilines is 1. The van der Waals surface area contributed by atoms with Crippen molar-refractivity contribution >= 4 is 50.7 Å². The lowest BCUT2D eigenvalue weighted by Gasteiger charge is -2.10. The molecule has 0 amide bonds. The van der Waals surface area contributed by atoms with Gasteiger partial charge in [-0.3, -0.25) is 4.72 Å². The van der Waals surface area contributed by atoms with Crippen LogP contribution >= 0.6 is 35.0 Å². The number of nitrogens with one attached hydrogen (secondary N) is 1. The van der Waals surface area contributed by atoms with Gasteiger partial charge in [-0.15, -0.1) is 11.8 Å². The van der Waals surface area contributed by atoms with Gasteiger partial charge in [-0.1, -0.05) is 30.1 Å². The number of pyridine rings is 1. The van der Waals surface area contributed by atoms with Crippen molar-refractivity contribution in [2.75, 3.05) is 10.5 Å². The number of hydrogen-bond donors (Lipinski definition) is 2. The molecule has 2 rings (SSSR count). The van der Waals surface area contributed by atoms with Crippen LogP contribution in [-0.2, 0) is 15.8 Å². The van der Waals surface area contributed by atoms with E-state index >= 15 is 0 Å². The highest BCUT2D eigenvalue weighted by molar-refractivity contribution is 7.99. The zero-order valence-corrected chi connectivity index (χ0v) is 15.2. The first-order chi connectivity index (χ1) is 10.8. The van der Waals surface area contributed by atoms with E-state index in [4.69, 9.17) is 23.2 Å². The Labute approximate surface area is 149 Å². The number of nitrogens with zero attached hydrogens (tertiary/aromatic N) is 1. The Kier molecular flexibility index (Phi) is 6.02. The number of rotatable bonds is 6. The molecule has 0 unspecified atom stereocenters. The van der Waals surface area contributed by atoms with Crippen LogP contribution in [0.5, 0.6) is 5.88 Å². The monoisotopic (exact) mass is 392 g/mol. The molecule has 1 aromatic carbocycles. The number of sulfonamides is 1. The summed E-state index contributed by atoms with van der Waals surface area (Å²) in [5.74, 6) is 0.108. The molecule has 23 heavy (non-hydrogen) atoms. The summed E-state index contributed by atoms with van der Waals surface area (Å²) in [7, 11) is -3.73. The Balaban J connectivity index is 2.21. The van der Waals surface area contributed by atoms with E-state index in [2.05, 4.69) is 9.71 Å². The van der Waals surface area contributed by atoms with Crippen molar-refractivity contribution in [3.05, 3.63) is 46.1 Å². The van der Waals surface area contributed by atoms with Gasteiger partial charge in [0.2, 0.25) is 15.9 Å². The number of halogens is 2. The van der Waals surface area contributed by atoms with Crippen LogP contribution in [-0.4, -0.2) is 24.3 Å². The molecular weight excluding hydrogens is 379 g/mol. The average Bonchev–Trinajstić information content (AvgIpc) is 2.41. The summed E-state index contributed by atoms with van der Waals surface area (Å²) in [6, 6.07) is 7.89. The second-order valence-electron chi connectivity index (χ2n) is 4.59. The molecule has 1 heterocycles. The van der Waals surface area contributed by atoms with Crippen LogP contribution in [0, 0.1) is 0 Å². The molecule has 9 heteroatoms. The van der Waals surface area contributed by atoms with Crippen molar-refractivity contribution in [3.8, 4) is 5.88 Å². The van der Waals surface area contributed by atoms with Crippen LogP contribution < -0.4 is 4.72 Å². The van der Waals surface area contributed by atoms with Gasteiger partial charge in [-0.25, -0.2) is 8.42 Å². The number of aromatic nitrogens is 1. The van der Waals surface area contributed by atoms with Crippen LogP contribution in [0.1, 0.15) is 12.5 Å². The Bertz CT molecular complexity index is 814. The van der Waals surface area contributed by atoms with Crippen molar-refractivity contribution in [2.45, 2.75) is 17.6 Å². The molecule has 1 aromatic heterocycles. The maximum absolute atomic E-state index is 12.3. The van der Waals surface area contributed by atoms with Gasteiger partial charge in [0, 0.05) is 9.92 Å². The van der Waals surface area contributed by atoms with E-state index in [1.807, 2.05) is 6.92 Å². The Morgan fingerprint density at radius 1 is 1.26 bits per heavy atom. The summed E-state index contributed by atoms with van der Waals surface area (Å²) in [4.78, 5) is 4.49. The standard InChI is InChI=1S/C14H14Cl2N2O3S2/c1-2-22-11-6-9(5-10(15)7-11)8-23(20,21)18-12-3-4-13(16)17-14(12)19/h3-7,18H,2,8H2,1H3,(H,17,19). The molecule has 0 radical (unpaired) electrons. The molecule has 124 valence electrons. The molecule has 0 atom stereocenters. The van der Waals surface area contributed by atoms with Crippen molar-refractivity contribution in [2.24, 2.45) is 0 Å². The molecule has 0 saturated heterocycles. The Morgan fingerprint density at radius 2 is 2.00 bits per heavy atom. The fraction of sp³-hybridized carbons (Fsp3) is 0.214. The van der Waals surface area contributed by atoms with Crippen LogP contribution in [0.25, 0.3) is 0 Å². The smallest absolute Gasteiger partial charge is 0.237 e. The van der Waals surface area contributed by atoms with E-state index in [0.717, 1.165) is 10.6 Å². The first-order valence-corrected chi connectivity index (χ1v) is 9.96.